The number of aryl methyl sites for hydroxylation is 2. The number of anilines is 1. The number of amides is 1. The van der Waals surface area contributed by atoms with Gasteiger partial charge in [0.15, 0.2) is 0 Å². The zero-order chi connectivity index (χ0) is 21.8. The van der Waals surface area contributed by atoms with Crippen molar-refractivity contribution in [3.8, 4) is 16.6 Å². The van der Waals surface area contributed by atoms with Gasteiger partial charge in [-0.2, -0.15) is 9.78 Å². The van der Waals surface area contributed by atoms with E-state index >= 15 is 0 Å². The van der Waals surface area contributed by atoms with Crippen LogP contribution in [0.3, 0.4) is 0 Å². The molecule has 0 atom stereocenters. The molecule has 0 aliphatic heterocycles. The van der Waals surface area contributed by atoms with E-state index < -0.39 is 0 Å². The third kappa shape index (κ3) is 4.86. The molecule has 2 aromatic carbocycles. The summed E-state index contributed by atoms with van der Waals surface area (Å²) < 4.78 is 13.7. The number of carbonyl (C=O) groups excluding carboxylic acids is 1. The molecular weight excluding hydrogens is 412 g/mol. The van der Waals surface area contributed by atoms with E-state index in [1.165, 1.54) is 11.3 Å². The second kappa shape index (κ2) is 9.18. The van der Waals surface area contributed by atoms with Crippen LogP contribution in [0.1, 0.15) is 24.1 Å². The van der Waals surface area contributed by atoms with Crippen LogP contribution in [-0.2, 0) is 4.79 Å². The Balaban J connectivity index is 1.40. The third-order valence-electron chi connectivity index (χ3n) is 4.76. The summed E-state index contributed by atoms with van der Waals surface area (Å²) in [6.07, 6.45) is 0.974. The first-order chi connectivity index (χ1) is 15.0. The lowest BCUT2D eigenvalue weighted by atomic mass is 10.2. The largest absolute Gasteiger partial charge is 0.497 e. The summed E-state index contributed by atoms with van der Waals surface area (Å²) in [5.41, 5.74) is 2.74. The Morgan fingerprint density at radius 1 is 1.16 bits per heavy atom. The van der Waals surface area contributed by atoms with Crippen molar-refractivity contribution >= 4 is 33.3 Å². The molecule has 0 aliphatic carbocycles. The van der Waals surface area contributed by atoms with Crippen LogP contribution < -0.4 is 14.8 Å². The molecular formula is C23H24N4O3S. The first-order valence-electron chi connectivity index (χ1n) is 10.0. The van der Waals surface area contributed by atoms with Crippen molar-refractivity contribution in [1.29, 1.82) is 0 Å². The van der Waals surface area contributed by atoms with Gasteiger partial charge in [0.25, 0.3) is 0 Å². The predicted octanol–water partition coefficient (Wildman–Crippen LogP) is 4.91. The van der Waals surface area contributed by atoms with Gasteiger partial charge in [0.1, 0.15) is 17.3 Å². The minimum Gasteiger partial charge on any atom is -0.497 e. The van der Waals surface area contributed by atoms with Crippen molar-refractivity contribution in [2.75, 3.05) is 19.0 Å². The van der Waals surface area contributed by atoms with Gasteiger partial charge in [-0.05, 0) is 50.1 Å². The molecule has 4 aromatic rings. The lowest BCUT2D eigenvalue weighted by Gasteiger charge is -2.09. The number of methoxy groups -OCH3 is 1. The van der Waals surface area contributed by atoms with Crippen LogP contribution in [0.2, 0.25) is 0 Å². The van der Waals surface area contributed by atoms with Crippen LogP contribution in [-0.4, -0.2) is 34.4 Å². The van der Waals surface area contributed by atoms with Gasteiger partial charge < -0.3 is 14.8 Å². The summed E-state index contributed by atoms with van der Waals surface area (Å²) in [7, 11) is 1.64. The first kappa shape index (κ1) is 20.9. The summed E-state index contributed by atoms with van der Waals surface area (Å²) in [6, 6.07) is 15.4. The Hall–Kier alpha value is -3.39. The standard InChI is InChI=1S/C23H24N4O3S/c1-15-7-4-5-8-19(15)30-12-6-9-22(28)25-21-13-16(2)26-27(21)23-24-18-11-10-17(29-3)14-20(18)31-23/h4-5,7-8,10-11,13-14H,6,9,12H2,1-3H3,(H,25,28). The summed E-state index contributed by atoms with van der Waals surface area (Å²) in [4.78, 5) is 17.1. The molecule has 0 saturated heterocycles. The van der Waals surface area contributed by atoms with Crippen LogP contribution in [0, 0.1) is 13.8 Å². The van der Waals surface area contributed by atoms with Crippen LogP contribution >= 0.6 is 11.3 Å². The Bertz CT molecular complexity index is 1210. The third-order valence-corrected chi connectivity index (χ3v) is 5.76. The van der Waals surface area contributed by atoms with E-state index in [1.807, 2.05) is 62.4 Å². The van der Waals surface area contributed by atoms with Crippen LogP contribution in [0.25, 0.3) is 15.3 Å². The topological polar surface area (TPSA) is 78.3 Å². The molecule has 1 N–H and O–H groups in total. The maximum Gasteiger partial charge on any atom is 0.225 e. The molecule has 8 heteroatoms. The second-order valence-electron chi connectivity index (χ2n) is 7.18. The van der Waals surface area contributed by atoms with Crippen molar-refractivity contribution in [1.82, 2.24) is 14.8 Å². The zero-order valence-electron chi connectivity index (χ0n) is 17.7. The molecule has 4 rings (SSSR count). The van der Waals surface area contributed by atoms with E-state index in [4.69, 9.17) is 9.47 Å². The Labute approximate surface area is 184 Å². The van der Waals surface area contributed by atoms with Crippen LogP contribution in [0.15, 0.2) is 48.5 Å². The summed E-state index contributed by atoms with van der Waals surface area (Å²) >= 11 is 1.49. The molecule has 0 saturated carbocycles. The lowest BCUT2D eigenvalue weighted by molar-refractivity contribution is -0.116. The lowest BCUT2D eigenvalue weighted by Crippen LogP contribution is -2.15. The van der Waals surface area contributed by atoms with Crippen LogP contribution in [0.4, 0.5) is 5.82 Å². The van der Waals surface area contributed by atoms with Gasteiger partial charge >= 0.3 is 0 Å². The van der Waals surface area contributed by atoms with E-state index in [0.717, 1.165) is 33.0 Å². The van der Waals surface area contributed by atoms with Crippen molar-refractivity contribution in [2.45, 2.75) is 26.7 Å². The maximum atomic E-state index is 12.5. The summed E-state index contributed by atoms with van der Waals surface area (Å²) in [5, 5.41) is 8.16. The monoisotopic (exact) mass is 436 g/mol. The summed E-state index contributed by atoms with van der Waals surface area (Å²) in [5.74, 6) is 2.15. The van der Waals surface area contributed by atoms with E-state index in [9.17, 15) is 4.79 Å². The van der Waals surface area contributed by atoms with Crippen LogP contribution in [0.5, 0.6) is 11.5 Å². The van der Waals surface area contributed by atoms with Gasteiger partial charge in [0, 0.05) is 12.5 Å². The second-order valence-corrected chi connectivity index (χ2v) is 8.19. The number of hydrogen-bond donors (Lipinski definition) is 1. The zero-order valence-corrected chi connectivity index (χ0v) is 18.5. The number of hydrogen-bond acceptors (Lipinski definition) is 6. The fourth-order valence-corrected chi connectivity index (χ4v) is 4.14. The molecule has 160 valence electrons. The average molecular weight is 437 g/mol. The molecule has 1 amide bonds. The van der Waals surface area contributed by atoms with E-state index in [1.54, 1.807) is 11.8 Å². The van der Waals surface area contributed by atoms with Gasteiger partial charge in [-0.25, -0.2) is 4.98 Å². The number of thiazole rings is 1. The van der Waals surface area contributed by atoms with Gasteiger partial charge in [0.05, 0.1) is 29.6 Å². The number of nitrogens with one attached hydrogen (secondary N) is 1. The molecule has 0 spiro atoms. The van der Waals surface area contributed by atoms with Gasteiger partial charge in [-0.3, -0.25) is 4.79 Å². The molecule has 0 fully saturated rings. The predicted molar refractivity (Wildman–Crippen MR) is 123 cm³/mol. The Morgan fingerprint density at radius 3 is 2.81 bits per heavy atom. The minimum absolute atomic E-state index is 0.0858. The number of ether oxygens (including phenoxy) is 2. The maximum absolute atomic E-state index is 12.5. The number of nitrogens with zero attached hydrogens (tertiary/aromatic N) is 3. The van der Waals surface area contributed by atoms with E-state index in [-0.39, 0.29) is 5.91 Å². The van der Waals surface area contributed by atoms with E-state index in [0.29, 0.717) is 30.4 Å². The highest BCUT2D eigenvalue weighted by Crippen LogP contribution is 2.30. The number of benzene rings is 2. The quantitative estimate of drug-likeness (QED) is 0.397. The average Bonchev–Trinajstić information content (AvgIpc) is 3.34. The van der Waals surface area contributed by atoms with Gasteiger partial charge in [-0.15, -0.1) is 0 Å². The number of fused-ring (bicyclic) bond motifs is 1. The molecule has 0 bridgehead atoms. The van der Waals surface area contributed by atoms with Crippen molar-refractivity contribution < 1.29 is 14.3 Å². The van der Waals surface area contributed by atoms with Gasteiger partial charge in [0.2, 0.25) is 11.0 Å². The molecule has 0 unspecified atom stereocenters. The molecule has 31 heavy (non-hydrogen) atoms. The number of para-hydroxylation sites is 1. The van der Waals surface area contributed by atoms with Crippen molar-refractivity contribution in [3.63, 3.8) is 0 Å². The highest BCUT2D eigenvalue weighted by molar-refractivity contribution is 7.20. The van der Waals surface area contributed by atoms with Crippen molar-refractivity contribution in [3.05, 3.63) is 59.8 Å². The Kier molecular flexibility index (Phi) is 6.18. The SMILES string of the molecule is COc1ccc2nc(-n3nc(C)cc3NC(=O)CCCOc3ccccc3C)sc2c1. The smallest absolute Gasteiger partial charge is 0.225 e. The highest BCUT2D eigenvalue weighted by Gasteiger charge is 2.15. The number of rotatable bonds is 8. The first-order valence-corrected chi connectivity index (χ1v) is 10.8. The molecule has 2 heterocycles. The highest BCUT2D eigenvalue weighted by atomic mass is 32.1. The number of carbonyl (C=O) groups is 1. The normalized spacial score (nSPS) is 10.9. The van der Waals surface area contributed by atoms with Gasteiger partial charge in [-0.1, -0.05) is 29.5 Å². The fourth-order valence-electron chi connectivity index (χ4n) is 3.18. The Morgan fingerprint density at radius 2 is 2.00 bits per heavy atom. The molecule has 0 aliphatic rings. The molecule has 0 radical (unpaired) electrons. The summed E-state index contributed by atoms with van der Waals surface area (Å²) in [6.45, 7) is 4.37. The molecule has 2 aromatic heterocycles. The van der Waals surface area contributed by atoms with Crippen molar-refractivity contribution in [2.24, 2.45) is 0 Å². The minimum atomic E-state index is -0.0858. The molecule has 7 nitrogen and oxygen atoms in total. The number of aromatic nitrogens is 3. The van der Waals surface area contributed by atoms with E-state index in [2.05, 4.69) is 15.4 Å². The fraction of sp³-hybridized carbons (Fsp3) is 0.261.